The van der Waals surface area contributed by atoms with Crippen molar-refractivity contribution >= 4 is 28.7 Å². The summed E-state index contributed by atoms with van der Waals surface area (Å²) in [7, 11) is 1.68. The number of halogens is 1. The molecule has 0 radical (unpaired) electrons. The van der Waals surface area contributed by atoms with Crippen molar-refractivity contribution in [2.45, 2.75) is 31.7 Å². The molecule has 1 saturated carbocycles. The van der Waals surface area contributed by atoms with E-state index in [1.807, 2.05) is 0 Å². The summed E-state index contributed by atoms with van der Waals surface area (Å²) in [6.07, 6.45) is 3.65. The van der Waals surface area contributed by atoms with Gasteiger partial charge in [0.2, 0.25) is 0 Å². The molecule has 1 fully saturated rings. The molecule has 0 aliphatic heterocycles. The maximum atomic E-state index is 10.7. The number of nitrogens with zero attached hydrogens (tertiary/aromatic N) is 1. The highest BCUT2D eigenvalue weighted by Gasteiger charge is 2.25. The molecule has 0 spiro atoms. The second kappa shape index (κ2) is 5.02. The maximum absolute atomic E-state index is 10.7. The van der Waals surface area contributed by atoms with E-state index >= 15 is 0 Å². The van der Waals surface area contributed by atoms with Gasteiger partial charge < -0.3 is 10.0 Å². The number of hydrogen-bond acceptors (Lipinski definition) is 1. The van der Waals surface area contributed by atoms with Gasteiger partial charge in [-0.2, -0.15) is 0 Å². The molecular weight excluding hydrogens is 281 g/mol. The molecule has 4 heteroatoms. The number of carboxylic acid groups (broad SMARTS) is 1. The van der Waals surface area contributed by atoms with Gasteiger partial charge in [0.1, 0.15) is 0 Å². The quantitative estimate of drug-likeness (QED) is 0.628. The number of carbonyl (C=O) groups is 1. The van der Waals surface area contributed by atoms with Crippen LogP contribution in [0.25, 0.3) is 0 Å². The maximum Gasteiger partial charge on any atom is 0.407 e. The fourth-order valence-corrected chi connectivity index (χ4v) is 2.72. The van der Waals surface area contributed by atoms with Gasteiger partial charge in [-0.05, 0) is 31.6 Å². The molecule has 1 amide bonds. The molecule has 1 N–H and O–H groups in total. The second-order valence-electron chi connectivity index (χ2n) is 3.72. The monoisotopic (exact) mass is 297 g/mol. The van der Waals surface area contributed by atoms with E-state index in [0.29, 0.717) is 0 Å². The lowest BCUT2D eigenvalue weighted by Gasteiger charge is -2.32. The molecule has 3 nitrogen and oxygen atoms in total. The van der Waals surface area contributed by atoms with Crippen molar-refractivity contribution in [3.8, 4) is 0 Å². The van der Waals surface area contributed by atoms with E-state index in [-0.39, 0.29) is 6.04 Å². The fraction of sp³-hybridized carbons (Fsp3) is 0.889. The third-order valence-corrected chi connectivity index (χ3v) is 4.13. The summed E-state index contributed by atoms with van der Waals surface area (Å²) >= 11 is 2.41. The Balaban J connectivity index is 2.36. The summed E-state index contributed by atoms with van der Waals surface area (Å²) < 4.78 is 1.21. The van der Waals surface area contributed by atoms with Gasteiger partial charge in [0.15, 0.2) is 0 Å². The van der Waals surface area contributed by atoms with E-state index in [0.717, 1.165) is 18.8 Å². The van der Waals surface area contributed by atoms with Gasteiger partial charge >= 0.3 is 6.09 Å². The number of rotatable bonds is 2. The van der Waals surface area contributed by atoms with Crippen LogP contribution in [-0.2, 0) is 0 Å². The highest BCUT2D eigenvalue weighted by Crippen LogP contribution is 2.28. The van der Waals surface area contributed by atoms with E-state index < -0.39 is 6.09 Å². The zero-order chi connectivity index (χ0) is 9.84. The summed E-state index contributed by atoms with van der Waals surface area (Å²) in [4.78, 5) is 12.1. The Hall–Kier alpha value is 0. The zero-order valence-corrected chi connectivity index (χ0v) is 10.0. The largest absolute Gasteiger partial charge is 0.465 e. The van der Waals surface area contributed by atoms with Gasteiger partial charge in [-0.3, -0.25) is 0 Å². The van der Waals surface area contributed by atoms with Gasteiger partial charge in [0, 0.05) is 17.5 Å². The number of amides is 1. The van der Waals surface area contributed by atoms with Crippen LogP contribution in [0.2, 0.25) is 0 Å². The molecule has 0 unspecified atom stereocenters. The van der Waals surface area contributed by atoms with Gasteiger partial charge in [0.05, 0.1) is 0 Å². The average Bonchev–Trinajstić information content (AvgIpc) is 2.17. The van der Waals surface area contributed by atoms with Crippen molar-refractivity contribution in [1.82, 2.24) is 4.90 Å². The standard InChI is InChI=1S/C9H16INO2/c1-11(9(12)13)8-4-2-7(6-10)3-5-8/h7-8H,2-6H2,1H3,(H,12,13)/t7-,8-. The lowest BCUT2D eigenvalue weighted by atomic mass is 9.87. The first-order valence-electron chi connectivity index (χ1n) is 4.67. The summed E-state index contributed by atoms with van der Waals surface area (Å²) in [5.74, 6) is 0.819. The van der Waals surface area contributed by atoms with Gasteiger partial charge in [-0.1, -0.05) is 22.6 Å². The first-order chi connectivity index (χ1) is 6.15. The van der Waals surface area contributed by atoms with Crippen LogP contribution in [0.15, 0.2) is 0 Å². The van der Waals surface area contributed by atoms with E-state index in [2.05, 4.69) is 22.6 Å². The van der Waals surface area contributed by atoms with Gasteiger partial charge in [0.25, 0.3) is 0 Å². The summed E-state index contributed by atoms with van der Waals surface area (Å²) in [6, 6.07) is 0.261. The molecule has 13 heavy (non-hydrogen) atoms. The molecule has 1 rings (SSSR count). The third-order valence-electron chi connectivity index (χ3n) is 2.88. The summed E-state index contributed by atoms with van der Waals surface area (Å²) in [5, 5.41) is 8.78. The Morgan fingerprint density at radius 1 is 1.46 bits per heavy atom. The van der Waals surface area contributed by atoms with Crippen LogP contribution >= 0.6 is 22.6 Å². The molecule has 0 heterocycles. The smallest absolute Gasteiger partial charge is 0.407 e. The molecule has 1 aliphatic carbocycles. The molecule has 0 aromatic rings. The SMILES string of the molecule is CN(C(=O)O)[C@H]1CC[C@H](CI)CC1. The predicted molar refractivity (Wildman–Crippen MR) is 60.4 cm³/mol. The van der Waals surface area contributed by atoms with Crippen molar-refractivity contribution in [3.05, 3.63) is 0 Å². The molecule has 76 valence electrons. The summed E-state index contributed by atoms with van der Waals surface area (Å²) in [5.41, 5.74) is 0. The Bertz CT molecular complexity index is 178. The Morgan fingerprint density at radius 2 is 2.00 bits per heavy atom. The predicted octanol–water partition coefficient (Wildman–Crippen LogP) is 2.59. The molecule has 0 atom stereocenters. The molecule has 1 aliphatic rings. The lowest BCUT2D eigenvalue weighted by molar-refractivity contribution is 0.121. The first kappa shape index (κ1) is 11.1. The van der Waals surface area contributed by atoms with Crippen LogP contribution in [-0.4, -0.2) is 33.6 Å². The Labute approximate surface area is 92.6 Å². The topological polar surface area (TPSA) is 40.5 Å². The molecule has 0 saturated heterocycles. The van der Waals surface area contributed by atoms with Crippen LogP contribution in [0.1, 0.15) is 25.7 Å². The Morgan fingerprint density at radius 3 is 2.38 bits per heavy atom. The minimum Gasteiger partial charge on any atom is -0.465 e. The molecule has 0 aromatic carbocycles. The van der Waals surface area contributed by atoms with Crippen molar-refractivity contribution in [2.75, 3.05) is 11.5 Å². The average molecular weight is 297 g/mol. The van der Waals surface area contributed by atoms with E-state index in [4.69, 9.17) is 5.11 Å². The summed E-state index contributed by atoms with van der Waals surface area (Å²) in [6.45, 7) is 0. The van der Waals surface area contributed by atoms with Gasteiger partial charge in [-0.25, -0.2) is 4.79 Å². The molecule has 0 bridgehead atoms. The van der Waals surface area contributed by atoms with E-state index in [1.54, 1.807) is 7.05 Å². The van der Waals surface area contributed by atoms with Crippen LogP contribution < -0.4 is 0 Å². The van der Waals surface area contributed by atoms with E-state index in [9.17, 15) is 4.79 Å². The van der Waals surface area contributed by atoms with Crippen molar-refractivity contribution in [2.24, 2.45) is 5.92 Å². The van der Waals surface area contributed by atoms with E-state index in [1.165, 1.54) is 22.2 Å². The highest BCUT2D eigenvalue weighted by molar-refractivity contribution is 14.1. The number of alkyl halides is 1. The second-order valence-corrected chi connectivity index (χ2v) is 4.60. The van der Waals surface area contributed by atoms with Crippen molar-refractivity contribution < 1.29 is 9.90 Å². The fourth-order valence-electron chi connectivity index (χ4n) is 1.84. The van der Waals surface area contributed by atoms with Crippen LogP contribution in [0, 0.1) is 5.92 Å². The molecule has 0 aromatic heterocycles. The first-order valence-corrected chi connectivity index (χ1v) is 6.19. The molecular formula is C9H16INO2. The van der Waals surface area contributed by atoms with Crippen molar-refractivity contribution in [1.29, 1.82) is 0 Å². The lowest BCUT2D eigenvalue weighted by Crippen LogP contribution is -2.38. The van der Waals surface area contributed by atoms with Crippen molar-refractivity contribution in [3.63, 3.8) is 0 Å². The zero-order valence-electron chi connectivity index (χ0n) is 7.87. The Kier molecular flexibility index (Phi) is 4.28. The number of hydrogen-bond donors (Lipinski definition) is 1. The highest BCUT2D eigenvalue weighted by atomic mass is 127. The normalized spacial score (nSPS) is 28.5. The van der Waals surface area contributed by atoms with Gasteiger partial charge in [-0.15, -0.1) is 0 Å². The minimum atomic E-state index is -0.794. The minimum absolute atomic E-state index is 0.261. The van der Waals surface area contributed by atoms with Crippen LogP contribution in [0.3, 0.4) is 0 Å². The van der Waals surface area contributed by atoms with Crippen LogP contribution in [0.5, 0.6) is 0 Å². The van der Waals surface area contributed by atoms with Crippen LogP contribution in [0.4, 0.5) is 4.79 Å². The third kappa shape index (κ3) is 3.00.